The van der Waals surface area contributed by atoms with Crippen LogP contribution in [0.5, 0.6) is 0 Å². The van der Waals surface area contributed by atoms with Crippen LogP contribution in [0, 0.1) is 20.8 Å². The average Bonchev–Trinajstić information content (AvgIpc) is 2.82. The van der Waals surface area contributed by atoms with Crippen molar-refractivity contribution in [2.45, 2.75) is 25.7 Å². The van der Waals surface area contributed by atoms with Crippen LogP contribution >= 0.6 is 11.6 Å². The van der Waals surface area contributed by atoms with Crippen LogP contribution in [0.25, 0.3) is 0 Å². The van der Waals surface area contributed by atoms with Crippen molar-refractivity contribution < 1.29 is 17.7 Å². The van der Waals surface area contributed by atoms with Gasteiger partial charge in [-0.1, -0.05) is 22.8 Å². The number of benzene rings is 1. The molecule has 1 N–H and O–H groups in total. The number of hydrogen-bond donors (Lipinski definition) is 1. The van der Waals surface area contributed by atoms with E-state index in [1.165, 1.54) is 20.9 Å². The van der Waals surface area contributed by atoms with Crippen molar-refractivity contribution in [3.63, 3.8) is 0 Å². The summed E-state index contributed by atoms with van der Waals surface area (Å²) in [4.78, 5) is 12.1. The standard InChI is InChI=1S/C15H18ClN3O4S/c1-9-5-6-12(7-13(9)16)17-14(20)8-19(4)24(21,22)15-10(2)18-23-11(15)3/h5-7H,8H2,1-4H3,(H,17,20). The molecule has 0 unspecified atom stereocenters. The number of sulfonamides is 1. The molecular weight excluding hydrogens is 354 g/mol. The van der Waals surface area contributed by atoms with Gasteiger partial charge in [0.25, 0.3) is 0 Å². The van der Waals surface area contributed by atoms with E-state index in [1.807, 2.05) is 6.92 Å². The number of amides is 1. The van der Waals surface area contributed by atoms with Gasteiger partial charge in [-0.2, -0.15) is 4.31 Å². The Morgan fingerprint density at radius 1 is 1.33 bits per heavy atom. The van der Waals surface area contributed by atoms with E-state index in [1.54, 1.807) is 18.2 Å². The Morgan fingerprint density at radius 2 is 2.00 bits per heavy atom. The van der Waals surface area contributed by atoms with Gasteiger partial charge >= 0.3 is 0 Å². The molecule has 1 heterocycles. The number of aromatic nitrogens is 1. The van der Waals surface area contributed by atoms with Gasteiger partial charge < -0.3 is 9.84 Å². The number of nitrogens with one attached hydrogen (secondary N) is 1. The van der Waals surface area contributed by atoms with Gasteiger partial charge in [0.1, 0.15) is 10.6 Å². The first kappa shape index (κ1) is 18.4. The Morgan fingerprint density at radius 3 is 2.54 bits per heavy atom. The Bertz CT molecular complexity index is 857. The van der Waals surface area contributed by atoms with Gasteiger partial charge in [-0.15, -0.1) is 0 Å². The largest absolute Gasteiger partial charge is 0.360 e. The fourth-order valence-electron chi connectivity index (χ4n) is 2.16. The molecule has 130 valence electrons. The molecule has 1 amide bonds. The van der Waals surface area contributed by atoms with Crippen LogP contribution < -0.4 is 5.32 Å². The number of likely N-dealkylation sites (N-methyl/N-ethyl adjacent to an activating group) is 1. The van der Waals surface area contributed by atoms with Crippen molar-refractivity contribution >= 4 is 33.2 Å². The average molecular weight is 372 g/mol. The van der Waals surface area contributed by atoms with Crippen LogP contribution in [0.2, 0.25) is 5.02 Å². The Kier molecular flexibility index (Phi) is 5.32. The fourth-order valence-corrected chi connectivity index (χ4v) is 3.75. The summed E-state index contributed by atoms with van der Waals surface area (Å²) in [5.74, 6) is -0.294. The van der Waals surface area contributed by atoms with Gasteiger partial charge in [0.05, 0.1) is 6.54 Å². The normalized spacial score (nSPS) is 11.8. The Balaban J connectivity index is 2.12. The van der Waals surface area contributed by atoms with E-state index in [-0.39, 0.29) is 22.9 Å². The predicted molar refractivity (Wildman–Crippen MR) is 90.6 cm³/mol. The summed E-state index contributed by atoms with van der Waals surface area (Å²) in [7, 11) is -2.55. The molecule has 7 nitrogen and oxygen atoms in total. The predicted octanol–water partition coefficient (Wildman–Crippen LogP) is 2.51. The Hall–Kier alpha value is -1.90. The van der Waals surface area contributed by atoms with Gasteiger partial charge in [0.15, 0.2) is 5.76 Å². The lowest BCUT2D eigenvalue weighted by molar-refractivity contribution is -0.116. The van der Waals surface area contributed by atoms with E-state index in [2.05, 4.69) is 10.5 Å². The maximum atomic E-state index is 12.5. The number of anilines is 1. The van der Waals surface area contributed by atoms with Crippen molar-refractivity contribution in [3.05, 3.63) is 40.2 Å². The number of hydrogen-bond acceptors (Lipinski definition) is 5. The second kappa shape index (κ2) is 6.92. The van der Waals surface area contributed by atoms with Gasteiger partial charge in [0, 0.05) is 17.8 Å². The number of rotatable bonds is 5. The SMILES string of the molecule is Cc1ccc(NC(=O)CN(C)S(=O)(=O)c2c(C)noc2C)cc1Cl. The molecule has 1 aromatic heterocycles. The molecule has 0 aliphatic heterocycles. The van der Waals surface area contributed by atoms with E-state index in [0.717, 1.165) is 9.87 Å². The Labute approximate surface area is 145 Å². The van der Waals surface area contributed by atoms with Crippen LogP contribution in [-0.4, -0.2) is 37.4 Å². The van der Waals surface area contributed by atoms with Crippen LogP contribution in [0.1, 0.15) is 17.0 Å². The number of aryl methyl sites for hydroxylation is 3. The van der Waals surface area contributed by atoms with Crippen LogP contribution in [0.15, 0.2) is 27.6 Å². The first-order valence-corrected chi connectivity index (χ1v) is 8.90. The van der Waals surface area contributed by atoms with Crippen molar-refractivity contribution in [3.8, 4) is 0 Å². The third-order valence-corrected chi connectivity index (χ3v) is 5.91. The minimum atomic E-state index is -3.87. The molecule has 9 heteroatoms. The molecule has 0 aliphatic rings. The zero-order valence-electron chi connectivity index (χ0n) is 13.8. The summed E-state index contributed by atoms with van der Waals surface area (Å²) >= 11 is 6.00. The summed E-state index contributed by atoms with van der Waals surface area (Å²) in [5, 5.41) is 6.77. The third kappa shape index (κ3) is 3.77. The van der Waals surface area contributed by atoms with Gasteiger partial charge in [-0.25, -0.2) is 8.42 Å². The summed E-state index contributed by atoms with van der Waals surface area (Å²) in [6, 6.07) is 5.07. The molecule has 0 aliphatic carbocycles. The molecule has 0 atom stereocenters. The minimum absolute atomic E-state index is 0.0174. The first-order valence-electron chi connectivity index (χ1n) is 7.08. The highest BCUT2D eigenvalue weighted by Crippen LogP contribution is 2.23. The van der Waals surface area contributed by atoms with Crippen molar-refractivity contribution in [1.82, 2.24) is 9.46 Å². The zero-order valence-corrected chi connectivity index (χ0v) is 15.3. The number of carbonyl (C=O) groups excluding carboxylic acids is 1. The lowest BCUT2D eigenvalue weighted by Crippen LogP contribution is -2.35. The lowest BCUT2D eigenvalue weighted by Gasteiger charge is -2.16. The maximum absolute atomic E-state index is 12.5. The molecule has 1 aromatic carbocycles. The van der Waals surface area contributed by atoms with Gasteiger partial charge in [0.2, 0.25) is 15.9 Å². The lowest BCUT2D eigenvalue weighted by atomic mass is 10.2. The molecule has 2 aromatic rings. The molecular formula is C15H18ClN3O4S. The highest BCUT2D eigenvalue weighted by Gasteiger charge is 2.29. The second-order valence-corrected chi connectivity index (χ2v) is 7.82. The third-order valence-electron chi connectivity index (χ3n) is 3.46. The molecule has 0 saturated heterocycles. The molecule has 0 saturated carbocycles. The maximum Gasteiger partial charge on any atom is 0.248 e. The fraction of sp³-hybridized carbons (Fsp3) is 0.333. The summed E-state index contributed by atoms with van der Waals surface area (Å²) < 4.78 is 30.9. The molecule has 0 spiro atoms. The smallest absolute Gasteiger partial charge is 0.248 e. The first-order chi connectivity index (χ1) is 11.1. The summed E-state index contributed by atoms with van der Waals surface area (Å²) in [6.45, 7) is 4.54. The van der Waals surface area contributed by atoms with E-state index >= 15 is 0 Å². The number of nitrogens with zero attached hydrogens (tertiary/aromatic N) is 2. The second-order valence-electron chi connectivity index (χ2n) is 5.43. The van der Waals surface area contributed by atoms with E-state index in [0.29, 0.717) is 10.7 Å². The zero-order chi connectivity index (χ0) is 18.1. The van der Waals surface area contributed by atoms with Gasteiger partial charge in [-0.05, 0) is 38.5 Å². The quantitative estimate of drug-likeness (QED) is 0.871. The van der Waals surface area contributed by atoms with Gasteiger partial charge in [-0.3, -0.25) is 4.79 Å². The topological polar surface area (TPSA) is 92.5 Å². The minimum Gasteiger partial charge on any atom is -0.360 e. The van der Waals surface area contributed by atoms with Crippen LogP contribution in [-0.2, 0) is 14.8 Å². The number of halogens is 1. The molecule has 0 bridgehead atoms. The highest BCUT2D eigenvalue weighted by molar-refractivity contribution is 7.89. The van der Waals surface area contributed by atoms with E-state index in [9.17, 15) is 13.2 Å². The molecule has 2 rings (SSSR count). The molecule has 24 heavy (non-hydrogen) atoms. The van der Waals surface area contributed by atoms with Crippen LogP contribution in [0.3, 0.4) is 0 Å². The van der Waals surface area contributed by atoms with Crippen molar-refractivity contribution in [2.24, 2.45) is 0 Å². The highest BCUT2D eigenvalue weighted by atomic mass is 35.5. The molecule has 0 radical (unpaired) electrons. The summed E-state index contributed by atoms with van der Waals surface area (Å²) in [6.07, 6.45) is 0. The molecule has 0 fully saturated rings. The van der Waals surface area contributed by atoms with Crippen molar-refractivity contribution in [2.75, 3.05) is 18.9 Å². The monoisotopic (exact) mass is 371 g/mol. The van der Waals surface area contributed by atoms with Crippen molar-refractivity contribution in [1.29, 1.82) is 0 Å². The summed E-state index contributed by atoms with van der Waals surface area (Å²) in [5.41, 5.74) is 1.64. The van der Waals surface area contributed by atoms with E-state index < -0.39 is 15.9 Å². The van der Waals surface area contributed by atoms with Crippen LogP contribution in [0.4, 0.5) is 5.69 Å². The number of carbonyl (C=O) groups is 1. The van der Waals surface area contributed by atoms with E-state index in [4.69, 9.17) is 16.1 Å².